The number of ether oxygens (including phenoxy) is 1. The van der Waals surface area contributed by atoms with Gasteiger partial charge in [0.1, 0.15) is 17.3 Å². The number of aryl methyl sites for hydroxylation is 1. The van der Waals surface area contributed by atoms with Crippen molar-refractivity contribution in [1.29, 1.82) is 0 Å². The summed E-state index contributed by atoms with van der Waals surface area (Å²) in [6.07, 6.45) is 0.713. The Balaban J connectivity index is 1.71. The van der Waals surface area contributed by atoms with Crippen molar-refractivity contribution in [2.75, 3.05) is 18.0 Å². The number of nitrogens with zero attached hydrogens (tertiary/aromatic N) is 3. The summed E-state index contributed by atoms with van der Waals surface area (Å²) in [7, 11) is 1.98. The van der Waals surface area contributed by atoms with Crippen LogP contribution in [0.1, 0.15) is 36.8 Å². The van der Waals surface area contributed by atoms with Gasteiger partial charge in [-0.25, -0.2) is 9.78 Å². The van der Waals surface area contributed by atoms with Crippen molar-refractivity contribution in [3.63, 3.8) is 0 Å². The third kappa shape index (κ3) is 5.79. The quantitative estimate of drug-likeness (QED) is 0.154. The number of phenolic OH excluding ortho intramolecular Hbond substituents is 1. The zero-order valence-electron chi connectivity index (χ0n) is 25.2. The van der Waals surface area contributed by atoms with Crippen LogP contribution in [0.3, 0.4) is 0 Å². The zero-order valence-corrected chi connectivity index (χ0v) is 25.2. The van der Waals surface area contributed by atoms with E-state index in [-0.39, 0.29) is 11.3 Å². The number of phenols is 1. The zero-order chi connectivity index (χ0) is 31.4. The van der Waals surface area contributed by atoms with Crippen molar-refractivity contribution in [3.8, 4) is 56.4 Å². The van der Waals surface area contributed by atoms with Gasteiger partial charge >= 0.3 is 5.97 Å². The molecule has 1 heterocycles. The molecule has 0 bridgehead atoms. The highest BCUT2D eigenvalue weighted by Crippen LogP contribution is 2.43. The molecule has 0 spiro atoms. The predicted molar refractivity (Wildman–Crippen MR) is 173 cm³/mol. The lowest BCUT2D eigenvalue weighted by Crippen LogP contribution is -2.21. The normalized spacial score (nSPS) is 10.9. The predicted octanol–water partition coefficient (Wildman–Crippen LogP) is 7.44. The van der Waals surface area contributed by atoms with E-state index in [0.29, 0.717) is 46.7 Å². The fourth-order valence-corrected chi connectivity index (χ4v) is 5.66. The molecule has 0 radical (unpaired) electrons. The van der Waals surface area contributed by atoms with Gasteiger partial charge in [-0.05, 0) is 79.9 Å². The van der Waals surface area contributed by atoms with Crippen LogP contribution in [-0.4, -0.2) is 45.3 Å². The molecular formula is C36H35N3O5. The third-order valence-corrected chi connectivity index (χ3v) is 7.89. The minimum absolute atomic E-state index is 0.0309. The Kier molecular flexibility index (Phi) is 8.81. The van der Waals surface area contributed by atoms with Crippen LogP contribution in [0.5, 0.6) is 11.5 Å². The average molecular weight is 590 g/mol. The highest BCUT2D eigenvalue weighted by atomic mass is 16.5. The molecule has 0 saturated carbocycles. The van der Waals surface area contributed by atoms with Crippen LogP contribution in [-0.2, 0) is 18.3 Å². The Morgan fingerprint density at radius 1 is 0.864 bits per heavy atom. The number of carboxylic acid groups (broad SMARTS) is 1. The number of imidazole rings is 1. The minimum Gasteiger partial charge on any atom is -0.507 e. The molecule has 0 amide bonds. The van der Waals surface area contributed by atoms with E-state index in [1.54, 1.807) is 30.3 Å². The molecule has 0 unspecified atom stereocenters. The van der Waals surface area contributed by atoms with E-state index in [0.717, 1.165) is 41.3 Å². The SMILES string of the molecule is CCc1nc(-c2cc(-c3cccc(OC=O)c3)c(O)c(-c3cccc(C(=O)O)c3)c2)n(C)c1-c1ccc(N(CC)CC)cc1. The number of aromatic nitrogens is 2. The van der Waals surface area contributed by atoms with Gasteiger partial charge in [0.15, 0.2) is 0 Å². The standard InChI is InChI=1S/C36H35N3O5/c1-5-32-33(23-14-16-28(17-15-23)39(6-2)7-3)38(4)35(37-32)27-20-30(24-10-8-12-26(18-24)36(42)43)34(41)31(21-27)25-11-9-13-29(19-25)44-22-40/h8-22,41H,5-7H2,1-4H3,(H,42,43). The summed E-state index contributed by atoms with van der Waals surface area (Å²) in [6.45, 7) is 8.57. The van der Waals surface area contributed by atoms with Crippen LogP contribution >= 0.6 is 0 Å². The summed E-state index contributed by atoms with van der Waals surface area (Å²) in [5, 5.41) is 21.2. The molecule has 0 saturated heterocycles. The van der Waals surface area contributed by atoms with E-state index < -0.39 is 5.97 Å². The number of benzene rings is 4. The summed E-state index contributed by atoms with van der Waals surface area (Å²) in [5.74, 6) is -0.0641. The first-order valence-corrected chi connectivity index (χ1v) is 14.6. The van der Waals surface area contributed by atoms with Crippen LogP contribution in [0.25, 0.3) is 44.9 Å². The smallest absolute Gasteiger partial charge is 0.335 e. The number of carbonyl (C=O) groups is 2. The van der Waals surface area contributed by atoms with Crippen molar-refractivity contribution in [2.45, 2.75) is 27.2 Å². The van der Waals surface area contributed by atoms with Crippen molar-refractivity contribution >= 4 is 18.1 Å². The van der Waals surface area contributed by atoms with Gasteiger partial charge in [0.05, 0.1) is 17.0 Å². The van der Waals surface area contributed by atoms with Gasteiger partial charge < -0.3 is 24.4 Å². The van der Waals surface area contributed by atoms with Crippen LogP contribution in [0, 0.1) is 0 Å². The maximum atomic E-state index is 11.8. The van der Waals surface area contributed by atoms with E-state index in [1.807, 2.05) is 25.2 Å². The monoisotopic (exact) mass is 589 g/mol. The Labute approximate surface area is 256 Å². The largest absolute Gasteiger partial charge is 0.507 e. The lowest BCUT2D eigenvalue weighted by Gasteiger charge is -2.21. The van der Waals surface area contributed by atoms with Crippen LogP contribution in [0.15, 0.2) is 84.9 Å². The number of hydrogen-bond donors (Lipinski definition) is 2. The van der Waals surface area contributed by atoms with Gasteiger partial charge in [-0.1, -0.05) is 43.3 Å². The third-order valence-electron chi connectivity index (χ3n) is 7.89. The molecule has 5 rings (SSSR count). The first-order valence-electron chi connectivity index (χ1n) is 14.6. The van der Waals surface area contributed by atoms with Gasteiger partial charge in [-0.3, -0.25) is 4.79 Å². The second-order valence-corrected chi connectivity index (χ2v) is 10.4. The molecule has 8 nitrogen and oxygen atoms in total. The first kappa shape index (κ1) is 30.1. The molecule has 224 valence electrons. The van der Waals surface area contributed by atoms with Crippen LogP contribution in [0.2, 0.25) is 0 Å². The Morgan fingerprint density at radius 2 is 1.50 bits per heavy atom. The van der Waals surface area contributed by atoms with E-state index >= 15 is 0 Å². The summed E-state index contributed by atoms with van der Waals surface area (Å²) >= 11 is 0. The van der Waals surface area contributed by atoms with Gasteiger partial charge in [0, 0.05) is 48.1 Å². The van der Waals surface area contributed by atoms with Crippen molar-refractivity contribution in [2.24, 2.45) is 7.05 Å². The summed E-state index contributed by atoms with van der Waals surface area (Å²) < 4.78 is 7.13. The lowest BCUT2D eigenvalue weighted by atomic mass is 9.93. The van der Waals surface area contributed by atoms with Crippen molar-refractivity contribution in [1.82, 2.24) is 9.55 Å². The van der Waals surface area contributed by atoms with Gasteiger partial charge in [0.25, 0.3) is 6.47 Å². The molecular weight excluding hydrogens is 554 g/mol. The van der Waals surface area contributed by atoms with Gasteiger partial charge in [-0.2, -0.15) is 0 Å². The molecule has 0 aliphatic rings. The average Bonchev–Trinajstić information content (AvgIpc) is 3.38. The number of aromatic carboxylic acids is 1. The van der Waals surface area contributed by atoms with Gasteiger partial charge in [0.2, 0.25) is 0 Å². The fraction of sp³-hybridized carbons (Fsp3) is 0.194. The molecule has 0 aliphatic heterocycles. The van der Waals surface area contributed by atoms with Crippen molar-refractivity contribution < 1.29 is 24.5 Å². The first-order chi connectivity index (χ1) is 21.3. The Bertz CT molecular complexity index is 1820. The number of anilines is 1. The van der Waals surface area contributed by atoms with E-state index in [4.69, 9.17) is 9.72 Å². The van der Waals surface area contributed by atoms with E-state index in [1.165, 1.54) is 12.1 Å². The molecule has 0 atom stereocenters. The number of rotatable bonds is 11. The summed E-state index contributed by atoms with van der Waals surface area (Å²) in [6, 6.07) is 25.5. The topological polar surface area (TPSA) is 105 Å². The molecule has 1 aromatic heterocycles. The molecule has 44 heavy (non-hydrogen) atoms. The van der Waals surface area contributed by atoms with E-state index in [9.17, 15) is 19.8 Å². The number of hydrogen-bond acceptors (Lipinski definition) is 6. The van der Waals surface area contributed by atoms with E-state index in [2.05, 4.69) is 54.5 Å². The maximum Gasteiger partial charge on any atom is 0.335 e. The highest BCUT2D eigenvalue weighted by Gasteiger charge is 2.21. The minimum atomic E-state index is -1.06. The van der Waals surface area contributed by atoms with Crippen LogP contribution < -0.4 is 9.64 Å². The second-order valence-electron chi connectivity index (χ2n) is 10.4. The number of carboxylic acids is 1. The number of aromatic hydroxyl groups is 1. The Morgan fingerprint density at radius 3 is 2.09 bits per heavy atom. The molecule has 8 heteroatoms. The number of carbonyl (C=O) groups excluding carboxylic acids is 1. The maximum absolute atomic E-state index is 11.8. The summed E-state index contributed by atoms with van der Waals surface area (Å²) in [4.78, 5) is 30.2. The fourth-order valence-electron chi connectivity index (χ4n) is 5.66. The summed E-state index contributed by atoms with van der Waals surface area (Å²) in [5.41, 5.74) is 7.09. The molecule has 4 aromatic carbocycles. The lowest BCUT2D eigenvalue weighted by molar-refractivity contribution is -0.120. The molecule has 5 aromatic rings. The molecule has 0 fully saturated rings. The Hall–Kier alpha value is -5.37. The van der Waals surface area contributed by atoms with Gasteiger partial charge in [-0.15, -0.1) is 0 Å². The molecule has 2 N–H and O–H groups in total. The molecule has 0 aliphatic carbocycles. The highest BCUT2D eigenvalue weighted by molar-refractivity contribution is 5.92. The van der Waals surface area contributed by atoms with Crippen molar-refractivity contribution in [3.05, 3.63) is 96.2 Å². The second kappa shape index (κ2) is 12.9. The van der Waals surface area contributed by atoms with Crippen LogP contribution in [0.4, 0.5) is 5.69 Å².